The molecule has 0 bridgehead atoms. The lowest BCUT2D eigenvalue weighted by atomic mass is 10.0. The van der Waals surface area contributed by atoms with Crippen molar-refractivity contribution in [2.45, 2.75) is 38.5 Å². The number of aromatic nitrogens is 1. The lowest BCUT2D eigenvalue weighted by Gasteiger charge is -2.05. The van der Waals surface area contributed by atoms with E-state index >= 15 is 0 Å². The molecule has 1 aliphatic carbocycles. The Morgan fingerprint density at radius 1 is 1.16 bits per heavy atom. The number of carbonyl (C=O) groups is 1. The number of nitrogens with two attached hydrogens (primary N) is 2. The first kappa shape index (κ1) is 15.0. The predicted octanol–water partition coefficient (Wildman–Crippen LogP) is 2.16. The highest BCUT2D eigenvalue weighted by Crippen LogP contribution is 2.15. The Bertz CT molecular complexity index is 419. The largest absolute Gasteiger partial charge is 0.396 e. The first-order valence-electron chi connectivity index (χ1n) is 6.60. The van der Waals surface area contributed by atoms with Gasteiger partial charge in [0, 0.05) is 12.4 Å². The van der Waals surface area contributed by atoms with Crippen LogP contribution in [0.1, 0.15) is 44.2 Å². The number of hydrogen-bond donors (Lipinski definition) is 4. The zero-order chi connectivity index (χ0) is 14.1. The second kappa shape index (κ2) is 8.13. The van der Waals surface area contributed by atoms with Gasteiger partial charge in [0.05, 0.1) is 17.0 Å². The average Bonchev–Trinajstić information content (AvgIpc) is 2.95. The van der Waals surface area contributed by atoms with Gasteiger partial charge in [-0.3, -0.25) is 4.79 Å². The molecule has 5 heteroatoms. The highest BCUT2D eigenvalue weighted by Gasteiger charge is 2.08. The molecule has 0 aliphatic heterocycles. The molecule has 0 atom stereocenters. The van der Waals surface area contributed by atoms with Crippen molar-refractivity contribution < 1.29 is 4.79 Å². The summed E-state index contributed by atoms with van der Waals surface area (Å²) in [5.74, 6) is -0.706. The van der Waals surface area contributed by atoms with E-state index in [1.807, 2.05) is 0 Å². The van der Waals surface area contributed by atoms with Crippen LogP contribution >= 0.6 is 0 Å². The molecule has 1 fully saturated rings. The quantitative estimate of drug-likeness (QED) is 0.494. The summed E-state index contributed by atoms with van der Waals surface area (Å²) in [6.45, 7) is 0. The third-order valence-electron chi connectivity index (χ3n) is 3.09. The molecular formula is C14H22N4O. The van der Waals surface area contributed by atoms with Crippen LogP contribution in [0.5, 0.6) is 0 Å². The van der Waals surface area contributed by atoms with Gasteiger partial charge in [0.1, 0.15) is 0 Å². The van der Waals surface area contributed by atoms with Crippen molar-refractivity contribution in [2.75, 3.05) is 0 Å². The molecule has 0 saturated heterocycles. The Morgan fingerprint density at radius 3 is 2.00 bits per heavy atom. The van der Waals surface area contributed by atoms with Gasteiger partial charge < -0.3 is 21.9 Å². The van der Waals surface area contributed by atoms with Gasteiger partial charge >= 0.3 is 0 Å². The number of aromatic amines is 1. The van der Waals surface area contributed by atoms with E-state index in [1.54, 1.807) is 18.3 Å². The molecule has 5 nitrogen and oxygen atoms in total. The second-order valence-corrected chi connectivity index (χ2v) is 4.54. The molecule has 1 aromatic heterocycles. The summed E-state index contributed by atoms with van der Waals surface area (Å²) in [6.07, 6.45) is 11.5. The standard InChI is InChI=1S/C8H10N4O.C6H12/c9-4-5(8(11)13)7(10)6-2-1-3-12-6;1-2-4-6-5-3-1/h1-4,9,12H,10H2,(H2,11,13);1-6H2/b7-5-,9-4?;. The van der Waals surface area contributed by atoms with Crippen LogP contribution in [0, 0.1) is 5.41 Å². The Kier molecular flexibility index (Phi) is 6.43. The maximum Gasteiger partial charge on any atom is 0.252 e. The van der Waals surface area contributed by atoms with Crippen molar-refractivity contribution in [1.82, 2.24) is 4.98 Å². The highest BCUT2D eigenvalue weighted by molar-refractivity contribution is 6.16. The lowest BCUT2D eigenvalue weighted by Crippen LogP contribution is -2.19. The molecule has 1 saturated carbocycles. The number of nitrogens with one attached hydrogen (secondary N) is 2. The van der Waals surface area contributed by atoms with Crippen molar-refractivity contribution in [2.24, 2.45) is 11.5 Å². The summed E-state index contributed by atoms with van der Waals surface area (Å²) < 4.78 is 0. The van der Waals surface area contributed by atoms with Crippen molar-refractivity contribution in [3.05, 3.63) is 29.6 Å². The van der Waals surface area contributed by atoms with E-state index in [-0.39, 0.29) is 11.3 Å². The molecule has 19 heavy (non-hydrogen) atoms. The average molecular weight is 262 g/mol. The number of amides is 1. The number of carbonyl (C=O) groups excluding carboxylic acids is 1. The monoisotopic (exact) mass is 262 g/mol. The van der Waals surface area contributed by atoms with E-state index in [1.165, 1.54) is 38.5 Å². The van der Waals surface area contributed by atoms with Crippen molar-refractivity contribution in [3.63, 3.8) is 0 Å². The summed E-state index contributed by atoms with van der Waals surface area (Å²) in [7, 11) is 0. The molecule has 0 spiro atoms. The molecule has 104 valence electrons. The van der Waals surface area contributed by atoms with E-state index in [4.69, 9.17) is 16.9 Å². The summed E-state index contributed by atoms with van der Waals surface area (Å²) in [5.41, 5.74) is 11.4. The number of rotatable bonds is 3. The summed E-state index contributed by atoms with van der Waals surface area (Å²) in [4.78, 5) is 13.6. The van der Waals surface area contributed by atoms with Gasteiger partial charge in [0.2, 0.25) is 0 Å². The van der Waals surface area contributed by atoms with Crippen molar-refractivity contribution in [3.8, 4) is 0 Å². The number of hydrogen-bond acceptors (Lipinski definition) is 3. The molecule has 0 aromatic carbocycles. The molecule has 2 rings (SSSR count). The fraction of sp³-hybridized carbons (Fsp3) is 0.429. The second-order valence-electron chi connectivity index (χ2n) is 4.54. The Labute approximate surface area is 113 Å². The van der Waals surface area contributed by atoms with Crippen molar-refractivity contribution >= 4 is 17.8 Å². The normalized spacial score (nSPS) is 15.8. The fourth-order valence-electron chi connectivity index (χ4n) is 1.99. The maximum absolute atomic E-state index is 10.8. The molecule has 1 heterocycles. The third kappa shape index (κ3) is 4.99. The number of primary amides is 1. The van der Waals surface area contributed by atoms with Crippen LogP contribution in [0.25, 0.3) is 5.70 Å². The van der Waals surface area contributed by atoms with Gasteiger partial charge in [0.15, 0.2) is 0 Å². The molecule has 0 unspecified atom stereocenters. The number of H-pyrrole nitrogens is 1. The van der Waals surface area contributed by atoms with Gasteiger partial charge in [0.25, 0.3) is 5.91 Å². The third-order valence-corrected chi connectivity index (χ3v) is 3.09. The van der Waals surface area contributed by atoms with Crippen LogP contribution in [0.4, 0.5) is 0 Å². The maximum atomic E-state index is 10.8. The summed E-state index contributed by atoms with van der Waals surface area (Å²) in [6, 6.07) is 3.44. The van der Waals surface area contributed by atoms with E-state index in [9.17, 15) is 4.79 Å². The molecule has 1 aromatic rings. The van der Waals surface area contributed by atoms with Crippen LogP contribution in [-0.4, -0.2) is 17.1 Å². The Hall–Kier alpha value is -2.04. The lowest BCUT2D eigenvalue weighted by molar-refractivity contribution is -0.114. The first-order valence-corrected chi connectivity index (χ1v) is 6.60. The summed E-state index contributed by atoms with van der Waals surface area (Å²) >= 11 is 0. The minimum absolute atomic E-state index is 0.00227. The van der Waals surface area contributed by atoms with Crippen LogP contribution < -0.4 is 11.5 Å². The minimum atomic E-state index is -0.706. The molecule has 1 aliphatic rings. The highest BCUT2D eigenvalue weighted by atomic mass is 16.1. The Balaban J connectivity index is 0.000000250. The van der Waals surface area contributed by atoms with Gasteiger partial charge in [-0.2, -0.15) is 0 Å². The van der Waals surface area contributed by atoms with Gasteiger partial charge in [-0.05, 0) is 12.1 Å². The molecule has 0 radical (unpaired) electrons. The van der Waals surface area contributed by atoms with Crippen LogP contribution in [0.15, 0.2) is 23.9 Å². The Morgan fingerprint density at radius 2 is 1.68 bits per heavy atom. The predicted molar refractivity (Wildman–Crippen MR) is 77.6 cm³/mol. The smallest absolute Gasteiger partial charge is 0.252 e. The van der Waals surface area contributed by atoms with Gasteiger partial charge in [-0.25, -0.2) is 0 Å². The van der Waals surface area contributed by atoms with Gasteiger partial charge in [-0.15, -0.1) is 0 Å². The summed E-state index contributed by atoms with van der Waals surface area (Å²) in [5, 5.41) is 6.95. The molecule has 1 amide bonds. The fourth-order valence-corrected chi connectivity index (χ4v) is 1.99. The van der Waals surface area contributed by atoms with E-state index < -0.39 is 5.91 Å². The topological polar surface area (TPSA) is 109 Å². The van der Waals surface area contributed by atoms with E-state index in [2.05, 4.69) is 4.98 Å². The van der Waals surface area contributed by atoms with E-state index in [0.717, 1.165) is 6.21 Å². The minimum Gasteiger partial charge on any atom is -0.396 e. The zero-order valence-corrected chi connectivity index (χ0v) is 11.1. The van der Waals surface area contributed by atoms with Crippen LogP contribution in [0.3, 0.4) is 0 Å². The SMILES string of the molecule is C1CCCCC1.N=C/C(C(N)=O)=C(/N)c1ccc[nH]1. The van der Waals surface area contributed by atoms with Crippen LogP contribution in [0.2, 0.25) is 0 Å². The molecule has 6 N–H and O–H groups in total. The van der Waals surface area contributed by atoms with Gasteiger partial charge in [-0.1, -0.05) is 38.5 Å². The van der Waals surface area contributed by atoms with Crippen LogP contribution in [-0.2, 0) is 4.79 Å². The first-order chi connectivity index (χ1) is 9.16. The van der Waals surface area contributed by atoms with Crippen molar-refractivity contribution in [1.29, 1.82) is 5.41 Å². The zero-order valence-electron chi connectivity index (χ0n) is 11.1. The van der Waals surface area contributed by atoms with E-state index in [0.29, 0.717) is 5.69 Å². The molecular weight excluding hydrogens is 240 g/mol.